The van der Waals surface area contributed by atoms with Gasteiger partial charge in [-0.3, -0.25) is 4.90 Å². The van der Waals surface area contributed by atoms with Gasteiger partial charge in [0.05, 0.1) is 0 Å². The Morgan fingerprint density at radius 2 is 1.16 bits per heavy atom. The number of aliphatic hydroxyl groups excluding tert-OH is 3. The number of fused-ring (bicyclic) bond motifs is 1. The molecule has 2 saturated heterocycles. The van der Waals surface area contributed by atoms with Gasteiger partial charge in [-0.25, -0.2) is 18.4 Å². The molecule has 2 aromatic heterocycles. The number of nitrogens with zero attached hydrogens (tertiary/aromatic N) is 8. The van der Waals surface area contributed by atoms with Crippen molar-refractivity contribution in [3.8, 4) is 0 Å². The molecule has 0 aliphatic carbocycles. The van der Waals surface area contributed by atoms with E-state index in [-0.39, 0.29) is 11.5 Å². The molecule has 0 spiro atoms. The van der Waals surface area contributed by atoms with Crippen LogP contribution in [-0.4, -0.2) is 99.9 Å². The van der Waals surface area contributed by atoms with Crippen molar-refractivity contribution in [2.75, 3.05) is 47.9 Å². The summed E-state index contributed by atoms with van der Waals surface area (Å²) in [6.45, 7) is 7.15. The highest BCUT2D eigenvalue weighted by molar-refractivity contribution is 7.88. The first-order valence-electron chi connectivity index (χ1n) is 12.9. The number of aromatic nitrogens is 4. The van der Waals surface area contributed by atoms with Crippen LogP contribution in [-0.2, 0) is 10.0 Å². The Kier molecular flexibility index (Phi) is 8.33. The van der Waals surface area contributed by atoms with Crippen LogP contribution < -0.4 is 14.7 Å². The summed E-state index contributed by atoms with van der Waals surface area (Å²) < 4.78 is 27.6. The second-order valence-corrected chi connectivity index (χ2v) is 11.7. The van der Waals surface area contributed by atoms with Crippen LogP contribution in [0.1, 0.15) is 59.3 Å². The molecule has 3 N–H and O–H groups in total. The molecule has 0 saturated carbocycles. The van der Waals surface area contributed by atoms with Gasteiger partial charge in [0.15, 0.2) is 11.6 Å². The quantitative estimate of drug-likeness (QED) is 0.322. The largest absolute Gasteiger partial charge is 0.378 e. The zero-order chi connectivity index (χ0) is 26.9. The molecule has 37 heavy (non-hydrogen) atoms. The third-order valence-electron chi connectivity index (χ3n) is 6.96. The number of piperidine rings is 2. The van der Waals surface area contributed by atoms with Gasteiger partial charge in [0.1, 0.15) is 29.7 Å². The third kappa shape index (κ3) is 5.58. The fraction of sp³-hybridized carbons (Fsp3) is 0.739. The lowest BCUT2D eigenvalue weighted by Crippen LogP contribution is -2.42. The Morgan fingerprint density at radius 3 is 1.62 bits per heavy atom. The average molecular weight is 539 g/mol. The molecule has 2 fully saturated rings. The van der Waals surface area contributed by atoms with E-state index in [0.717, 1.165) is 42.8 Å². The highest BCUT2D eigenvalue weighted by Crippen LogP contribution is 2.35. The Bertz CT molecular complexity index is 1190. The van der Waals surface area contributed by atoms with E-state index in [4.69, 9.17) is 9.97 Å². The van der Waals surface area contributed by atoms with E-state index in [2.05, 4.69) is 9.97 Å². The van der Waals surface area contributed by atoms with Crippen LogP contribution in [0, 0.1) is 0 Å². The van der Waals surface area contributed by atoms with E-state index in [1.165, 1.54) is 32.7 Å². The van der Waals surface area contributed by atoms with Crippen LogP contribution in [0.5, 0.6) is 0 Å². The summed E-state index contributed by atoms with van der Waals surface area (Å²) in [6, 6.07) is 0. The van der Waals surface area contributed by atoms with Crippen molar-refractivity contribution >= 4 is 38.6 Å². The zero-order valence-corrected chi connectivity index (χ0v) is 22.8. The van der Waals surface area contributed by atoms with Gasteiger partial charge < -0.3 is 25.1 Å². The van der Waals surface area contributed by atoms with Crippen LogP contribution in [0.15, 0.2) is 5.16 Å². The molecular weight excluding hydrogens is 500 g/mol. The second-order valence-electron chi connectivity index (χ2n) is 9.79. The molecule has 2 aromatic rings. The lowest BCUT2D eigenvalue weighted by atomic mass is 10.1. The van der Waals surface area contributed by atoms with Crippen LogP contribution in [0.2, 0.25) is 0 Å². The molecule has 0 amide bonds. The summed E-state index contributed by atoms with van der Waals surface area (Å²) in [5, 5.41) is 30.4. The molecule has 0 bridgehead atoms. The van der Waals surface area contributed by atoms with Crippen molar-refractivity contribution < 1.29 is 23.7 Å². The van der Waals surface area contributed by atoms with Gasteiger partial charge in [-0.1, -0.05) is 0 Å². The number of aliphatic hydroxyl groups is 3. The minimum absolute atomic E-state index is 0.108. The number of rotatable bonds is 8. The summed E-state index contributed by atoms with van der Waals surface area (Å²) in [5.74, 6) is 0.903. The van der Waals surface area contributed by atoms with Gasteiger partial charge in [-0.2, -0.15) is 14.3 Å². The molecule has 13 nitrogen and oxygen atoms in total. The van der Waals surface area contributed by atoms with Crippen molar-refractivity contribution in [2.45, 2.75) is 83.1 Å². The smallest absolute Gasteiger partial charge is 0.280 e. The summed E-state index contributed by atoms with van der Waals surface area (Å²) in [7, 11) is -2.94. The zero-order valence-electron chi connectivity index (χ0n) is 21.9. The Balaban J connectivity index is 2.04. The van der Waals surface area contributed by atoms with E-state index in [9.17, 15) is 23.7 Å². The fourth-order valence-electron chi connectivity index (χ4n) is 4.81. The van der Waals surface area contributed by atoms with Crippen molar-refractivity contribution in [1.82, 2.24) is 24.2 Å². The van der Waals surface area contributed by atoms with Crippen molar-refractivity contribution in [3.63, 3.8) is 0 Å². The topological polar surface area (TPSA) is 159 Å². The van der Waals surface area contributed by atoms with Gasteiger partial charge in [0, 0.05) is 33.2 Å². The molecule has 14 heteroatoms. The van der Waals surface area contributed by atoms with Crippen LogP contribution in [0.4, 0.5) is 17.6 Å². The lowest BCUT2D eigenvalue weighted by molar-refractivity contribution is 0.0960. The molecule has 4 rings (SSSR count). The predicted molar refractivity (Wildman–Crippen MR) is 140 cm³/mol. The second kappa shape index (κ2) is 11.2. The fourth-order valence-corrected chi connectivity index (χ4v) is 5.88. The number of anilines is 3. The number of hydrogen-bond acceptors (Lipinski definition) is 12. The Labute approximate surface area is 217 Å². The maximum Gasteiger partial charge on any atom is 0.280 e. The molecular formula is C23H38N8O5S. The summed E-state index contributed by atoms with van der Waals surface area (Å²) in [6.07, 6.45) is 2.44. The maximum atomic E-state index is 13.4. The first kappa shape index (κ1) is 27.6. The number of hydrogen-bond donors (Lipinski definition) is 3. The summed E-state index contributed by atoms with van der Waals surface area (Å²) >= 11 is 0. The predicted octanol–water partition coefficient (Wildman–Crippen LogP) is 0.842. The van der Waals surface area contributed by atoms with Gasteiger partial charge in [-0.05, 0) is 59.3 Å². The minimum atomic E-state index is -4.22. The van der Waals surface area contributed by atoms with E-state index in [0.29, 0.717) is 43.3 Å². The van der Waals surface area contributed by atoms with Crippen LogP contribution >= 0.6 is 0 Å². The first-order chi connectivity index (χ1) is 17.5. The molecule has 0 radical (unpaired) electrons. The molecule has 4 heterocycles. The Morgan fingerprint density at radius 1 is 0.703 bits per heavy atom. The van der Waals surface area contributed by atoms with Gasteiger partial charge >= 0.3 is 0 Å². The maximum absolute atomic E-state index is 13.4. The molecule has 2 aliphatic heterocycles. The van der Waals surface area contributed by atoms with Gasteiger partial charge in [0.2, 0.25) is 5.95 Å². The first-order valence-corrected chi connectivity index (χ1v) is 14.4. The van der Waals surface area contributed by atoms with E-state index in [1.54, 1.807) is 0 Å². The monoisotopic (exact) mass is 538 g/mol. The van der Waals surface area contributed by atoms with Crippen molar-refractivity contribution in [3.05, 3.63) is 0 Å². The summed E-state index contributed by atoms with van der Waals surface area (Å²) in [5.41, 5.74) is 0.646. The third-order valence-corrected chi connectivity index (χ3v) is 8.67. The van der Waals surface area contributed by atoms with Crippen LogP contribution in [0.25, 0.3) is 11.0 Å². The SMILES string of the molecule is CC(O)N(c1nc(N2CCCCC2)c2nc(S(=O)(=O)N(C)C(C)O)nc(N3CCCCC3)c2n1)C(C)O. The highest BCUT2D eigenvalue weighted by atomic mass is 32.2. The molecule has 0 aromatic carbocycles. The summed E-state index contributed by atoms with van der Waals surface area (Å²) in [4.78, 5) is 23.7. The Hall–Kier alpha value is -2.39. The lowest BCUT2D eigenvalue weighted by Gasteiger charge is -2.33. The van der Waals surface area contributed by atoms with Gasteiger partial charge in [0.25, 0.3) is 15.2 Å². The number of sulfonamides is 1. The van der Waals surface area contributed by atoms with E-state index in [1.807, 2.05) is 9.80 Å². The highest BCUT2D eigenvalue weighted by Gasteiger charge is 2.33. The van der Waals surface area contributed by atoms with E-state index < -0.39 is 33.9 Å². The normalized spacial score (nSPS) is 19.8. The van der Waals surface area contributed by atoms with E-state index >= 15 is 0 Å². The molecule has 2 aliphatic rings. The van der Waals surface area contributed by atoms with Crippen molar-refractivity contribution in [2.24, 2.45) is 0 Å². The average Bonchev–Trinajstić information content (AvgIpc) is 2.87. The molecule has 3 unspecified atom stereocenters. The minimum Gasteiger partial charge on any atom is -0.378 e. The molecule has 206 valence electrons. The van der Waals surface area contributed by atoms with Gasteiger partial charge in [-0.15, -0.1) is 0 Å². The standard InChI is InChI=1S/C23H38N8O5S/c1-15(32)28(4)37(35,36)23-25-19-18(21(27-23)30-13-9-6-10-14-30)24-22(31(16(2)33)17(3)34)26-20(19)29-11-7-5-8-12-29/h15-17,32-34H,5-14H2,1-4H3. The van der Waals surface area contributed by atoms with Crippen LogP contribution in [0.3, 0.4) is 0 Å². The molecule has 3 atom stereocenters. The van der Waals surface area contributed by atoms with Crippen molar-refractivity contribution in [1.29, 1.82) is 0 Å².